The molecular weight excluding hydrogens is 297 g/mol. The van der Waals surface area contributed by atoms with E-state index in [0.29, 0.717) is 24.0 Å². The van der Waals surface area contributed by atoms with Gasteiger partial charge in [-0.1, -0.05) is 25.6 Å². The van der Waals surface area contributed by atoms with Crippen LogP contribution < -0.4 is 0 Å². The number of aryl methyl sites for hydroxylation is 1. The van der Waals surface area contributed by atoms with E-state index in [2.05, 4.69) is 6.58 Å². The molecule has 5 heteroatoms. The lowest BCUT2D eigenvalue weighted by molar-refractivity contribution is -0.131. The van der Waals surface area contributed by atoms with Gasteiger partial charge in [0.15, 0.2) is 0 Å². The Kier molecular flexibility index (Phi) is 4.88. The van der Waals surface area contributed by atoms with Crippen molar-refractivity contribution in [1.82, 2.24) is 4.90 Å². The molecule has 0 spiro atoms. The second-order valence-electron chi connectivity index (χ2n) is 6.22. The van der Waals surface area contributed by atoms with Crippen molar-refractivity contribution in [2.75, 3.05) is 6.61 Å². The zero-order valence-corrected chi connectivity index (χ0v) is 13.8. The molecule has 0 aromatic heterocycles. The Bertz CT molecular complexity index is 656. The van der Waals surface area contributed by atoms with Crippen LogP contribution in [0.1, 0.15) is 44.2 Å². The van der Waals surface area contributed by atoms with Crippen molar-refractivity contribution in [2.45, 2.75) is 45.6 Å². The molecule has 1 aliphatic heterocycles. The number of nitrogens with zero attached hydrogens (tertiary/aromatic N) is 1. The van der Waals surface area contributed by atoms with Gasteiger partial charge in [-0.05, 0) is 43.9 Å². The summed E-state index contributed by atoms with van der Waals surface area (Å²) < 4.78 is 18.9. The molecule has 1 aromatic rings. The Labute approximate surface area is 135 Å². The van der Waals surface area contributed by atoms with Crippen molar-refractivity contribution in [3.05, 3.63) is 41.7 Å². The minimum atomic E-state index is -0.607. The first-order valence-electron chi connectivity index (χ1n) is 7.72. The Balaban J connectivity index is 2.04. The standard InChI is InChI=1S/C18H22FNO3/c1-5-18(4)11-23-17(22)20(18)16(21)9-7-13(3)14-8-6-12(2)10-15(14)19/h6,8,10H,3,5,7,9,11H2,1-2,4H3/t18-/m1/s1. The molecule has 1 atom stereocenters. The lowest BCUT2D eigenvalue weighted by atomic mass is 9.97. The third kappa shape index (κ3) is 3.44. The summed E-state index contributed by atoms with van der Waals surface area (Å²) in [7, 11) is 0. The lowest BCUT2D eigenvalue weighted by Gasteiger charge is -2.29. The van der Waals surface area contributed by atoms with Crippen LogP contribution in [0.4, 0.5) is 9.18 Å². The molecular formula is C18H22FNO3. The van der Waals surface area contributed by atoms with Gasteiger partial charge in [0, 0.05) is 12.0 Å². The summed E-state index contributed by atoms with van der Waals surface area (Å²) in [6.07, 6.45) is 0.406. The number of ether oxygens (including phenoxy) is 1. The van der Waals surface area contributed by atoms with Crippen molar-refractivity contribution in [3.63, 3.8) is 0 Å². The van der Waals surface area contributed by atoms with E-state index in [9.17, 15) is 14.0 Å². The van der Waals surface area contributed by atoms with Gasteiger partial charge in [0.05, 0.1) is 5.54 Å². The number of benzene rings is 1. The van der Waals surface area contributed by atoms with E-state index in [-0.39, 0.29) is 24.8 Å². The molecule has 1 aromatic carbocycles. The van der Waals surface area contributed by atoms with Crippen molar-refractivity contribution < 1.29 is 18.7 Å². The number of amides is 2. The Hall–Kier alpha value is -2.17. The third-order valence-corrected chi connectivity index (χ3v) is 4.39. The molecule has 0 bridgehead atoms. The molecule has 124 valence electrons. The van der Waals surface area contributed by atoms with Crippen molar-refractivity contribution in [2.24, 2.45) is 0 Å². The predicted octanol–water partition coefficient (Wildman–Crippen LogP) is 4.08. The van der Waals surface area contributed by atoms with Gasteiger partial charge in [0.2, 0.25) is 5.91 Å². The third-order valence-electron chi connectivity index (χ3n) is 4.39. The highest BCUT2D eigenvalue weighted by molar-refractivity contribution is 5.94. The molecule has 1 fully saturated rings. The summed E-state index contributed by atoms with van der Waals surface area (Å²) in [4.78, 5) is 25.4. The van der Waals surface area contributed by atoms with E-state index in [4.69, 9.17) is 4.74 Å². The number of carbonyl (C=O) groups is 2. The first-order valence-corrected chi connectivity index (χ1v) is 7.72. The minimum Gasteiger partial charge on any atom is -0.447 e. The monoisotopic (exact) mass is 319 g/mol. The summed E-state index contributed by atoms with van der Waals surface area (Å²) in [6, 6.07) is 4.91. The molecule has 1 heterocycles. The maximum absolute atomic E-state index is 13.9. The van der Waals surface area contributed by atoms with Crippen LogP contribution in [0.5, 0.6) is 0 Å². The fourth-order valence-corrected chi connectivity index (χ4v) is 2.64. The molecule has 2 rings (SSSR count). The summed E-state index contributed by atoms with van der Waals surface area (Å²) >= 11 is 0. The zero-order valence-electron chi connectivity index (χ0n) is 13.8. The number of hydrogen-bond acceptors (Lipinski definition) is 3. The normalized spacial score (nSPS) is 20.5. The molecule has 23 heavy (non-hydrogen) atoms. The molecule has 0 radical (unpaired) electrons. The van der Waals surface area contributed by atoms with Crippen molar-refractivity contribution >= 4 is 17.6 Å². The maximum Gasteiger partial charge on any atom is 0.417 e. The van der Waals surface area contributed by atoms with Gasteiger partial charge in [0.1, 0.15) is 12.4 Å². The first-order chi connectivity index (χ1) is 10.8. The van der Waals surface area contributed by atoms with Gasteiger partial charge in [0.25, 0.3) is 0 Å². The zero-order chi connectivity index (χ0) is 17.2. The molecule has 0 saturated carbocycles. The van der Waals surface area contributed by atoms with Gasteiger partial charge < -0.3 is 4.74 Å². The maximum atomic E-state index is 13.9. The molecule has 1 aliphatic rings. The molecule has 4 nitrogen and oxygen atoms in total. The average molecular weight is 319 g/mol. The van der Waals surface area contributed by atoms with Crippen LogP contribution in [0.3, 0.4) is 0 Å². The lowest BCUT2D eigenvalue weighted by Crippen LogP contribution is -2.47. The first kappa shape index (κ1) is 17.2. The highest BCUT2D eigenvalue weighted by Crippen LogP contribution is 2.29. The highest BCUT2D eigenvalue weighted by Gasteiger charge is 2.45. The van der Waals surface area contributed by atoms with E-state index >= 15 is 0 Å². The number of allylic oxidation sites excluding steroid dienone is 1. The fourth-order valence-electron chi connectivity index (χ4n) is 2.64. The molecule has 0 aliphatic carbocycles. The second-order valence-corrected chi connectivity index (χ2v) is 6.22. The summed E-state index contributed by atoms with van der Waals surface area (Å²) in [5.41, 5.74) is 1.17. The fraction of sp³-hybridized carbons (Fsp3) is 0.444. The van der Waals surface area contributed by atoms with Crippen molar-refractivity contribution in [1.29, 1.82) is 0 Å². The van der Waals surface area contributed by atoms with Crippen LogP contribution in [0.25, 0.3) is 5.57 Å². The topological polar surface area (TPSA) is 46.6 Å². The van der Waals surface area contributed by atoms with Crippen LogP contribution in [-0.2, 0) is 9.53 Å². The van der Waals surface area contributed by atoms with E-state index in [1.165, 1.54) is 11.0 Å². The number of hydrogen-bond donors (Lipinski definition) is 0. The predicted molar refractivity (Wildman–Crippen MR) is 86.3 cm³/mol. The van der Waals surface area contributed by atoms with Gasteiger partial charge in [-0.3, -0.25) is 4.79 Å². The van der Waals surface area contributed by atoms with Gasteiger partial charge in [-0.25, -0.2) is 14.1 Å². The van der Waals surface area contributed by atoms with E-state index in [0.717, 1.165) is 5.56 Å². The van der Waals surface area contributed by atoms with E-state index in [1.54, 1.807) is 12.1 Å². The number of imide groups is 1. The quantitative estimate of drug-likeness (QED) is 0.821. The largest absolute Gasteiger partial charge is 0.447 e. The Morgan fingerprint density at radius 2 is 2.13 bits per heavy atom. The van der Waals surface area contributed by atoms with Crippen LogP contribution in [0.15, 0.2) is 24.8 Å². The Morgan fingerprint density at radius 1 is 1.43 bits per heavy atom. The van der Waals surface area contributed by atoms with Gasteiger partial charge >= 0.3 is 6.09 Å². The molecule has 2 amide bonds. The van der Waals surface area contributed by atoms with Crippen molar-refractivity contribution in [3.8, 4) is 0 Å². The van der Waals surface area contributed by atoms with Gasteiger partial charge in [-0.2, -0.15) is 0 Å². The Morgan fingerprint density at radius 3 is 2.74 bits per heavy atom. The number of cyclic esters (lactones) is 1. The van der Waals surface area contributed by atoms with Crippen LogP contribution in [0, 0.1) is 12.7 Å². The summed E-state index contributed by atoms with van der Waals surface area (Å²) in [5, 5.41) is 0. The number of carbonyl (C=O) groups excluding carboxylic acids is 2. The molecule has 0 N–H and O–H groups in total. The summed E-state index contributed by atoms with van der Waals surface area (Å²) in [6.45, 7) is 9.61. The molecule has 1 saturated heterocycles. The average Bonchev–Trinajstić information content (AvgIpc) is 2.80. The van der Waals surface area contributed by atoms with E-state index < -0.39 is 11.6 Å². The minimum absolute atomic E-state index is 0.0941. The smallest absolute Gasteiger partial charge is 0.417 e. The SMILES string of the molecule is C=C(CCC(=O)N1C(=O)OC[C@@]1(C)CC)c1ccc(C)cc1F. The van der Waals surface area contributed by atoms with Gasteiger partial charge in [-0.15, -0.1) is 0 Å². The summed E-state index contributed by atoms with van der Waals surface area (Å²) in [5.74, 6) is -0.660. The van der Waals surface area contributed by atoms with Crippen LogP contribution >= 0.6 is 0 Å². The molecule has 0 unspecified atom stereocenters. The highest BCUT2D eigenvalue weighted by atomic mass is 19.1. The van der Waals surface area contributed by atoms with E-state index in [1.807, 2.05) is 20.8 Å². The van der Waals surface area contributed by atoms with Crippen LogP contribution in [-0.4, -0.2) is 29.0 Å². The number of rotatable bonds is 5. The number of halogens is 1. The van der Waals surface area contributed by atoms with Crippen LogP contribution in [0.2, 0.25) is 0 Å². The second kappa shape index (κ2) is 6.52.